The van der Waals surface area contributed by atoms with Crippen LogP contribution in [0.5, 0.6) is 5.75 Å². The van der Waals surface area contributed by atoms with Crippen molar-refractivity contribution in [3.8, 4) is 5.75 Å². The molecule has 2 unspecified atom stereocenters. The Labute approximate surface area is 196 Å². The molecule has 12 heteroatoms. The second-order valence-electron chi connectivity index (χ2n) is 8.36. The number of nitrogens with zero attached hydrogens (tertiary/aromatic N) is 2. The molecule has 1 heterocycles. The Morgan fingerprint density at radius 3 is 2.37 bits per heavy atom. The summed E-state index contributed by atoms with van der Waals surface area (Å²) in [5, 5.41) is 16.5. The van der Waals surface area contributed by atoms with Crippen LogP contribution in [-0.4, -0.2) is 47.4 Å². The quantitative estimate of drug-likeness (QED) is 0.563. The topological polar surface area (TPSA) is 91.2 Å². The van der Waals surface area contributed by atoms with E-state index in [1.807, 2.05) is 0 Å². The van der Waals surface area contributed by atoms with Gasteiger partial charge in [0.25, 0.3) is 6.43 Å². The standard InChI is InChI=1S/C23H20F5N3O4/c1-31-20(35-15-4-2-3-14(11-15)23(26,27)28)16(17(30-31)18(24)25)19(32)29-22(9-10-22)13-7-5-12(6-8-13)21(33)34/h2-8,11,16,18,20H,9-10H2,1H3,(H,29,32)(H,33,34). The largest absolute Gasteiger partial charge is 0.478 e. The fourth-order valence-electron chi connectivity index (χ4n) is 3.99. The Hall–Kier alpha value is -3.70. The van der Waals surface area contributed by atoms with Crippen LogP contribution in [0.3, 0.4) is 0 Å². The van der Waals surface area contributed by atoms with Crippen molar-refractivity contribution in [1.29, 1.82) is 0 Å². The Balaban J connectivity index is 1.58. The Morgan fingerprint density at radius 2 is 1.83 bits per heavy atom. The van der Waals surface area contributed by atoms with E-state index in [-0.39, 0.29) is 11.3 Å². The molecule has 35 heavy (non-hydrogen) atoms. The zero-order valence-corrected chi connectivity index (χ0v) is 18.2. The van der Waals surface area contributed by atoms with Gasteiger partial charge >= 0.3 is 12.1 Å². The van der Waals surface area contributed by atoms with Gasteiger partial charge < -0.3 is 15.2 Å². The average molecular weight is 497 g/mol. The molecule has 0 bridgehead atoms. The summed E-state index contributed by atoms with van der Waals surface area (Å²) in [6.07, 6.45) is -8.17. The summed E-state index contributed by atoms with van der Waals surface area (Å²) in [7, 11) is 1.28. The molecule has 186 valence electrons. The number of benzene rings is 2. The first-order chi connectivity index (χ1) is 16.4. The summed E-state index contributed by atoms with van der Waals surface area (Å²) in [6, 6.07) is 9.71. The number of carbonyl (C=O) groups is 2. The van der Waals surface area contributed by atoms with Gasteiger partial charge in [0.15, 0.2) is 0 Å². The number of carbonyl (C=O) groups excluding carboxylic acids is 1. The highest BCUT2D eigenvalue weighted by Crippen LogP contribution is 2.46. The van der Waals surface area contributed by atoms with E-state index in [2.05, 4.69) is 10.4 Å². The SMILES string of the molecule is CN1N=C(C(F)F)C(C(=O)NC2(c3ccc(C(=O)O)cc3)CC2)C1Oc1cccc(C(F)(F)F)c1. The number of aromatic carboxylic acids is 1. The molecule has 0 aromatic heterocycles. The number of alkyl halides is 5. The van der Waals surface area contributed by atoms with Crippen LogP contribution in [0.2, 0.25) is 0 Å². The van der Waals surface area contributed by atoms with Gasteiger partial charge in [-0.2, -0.15) is 18.3 Å². The van der Waals surface area contributed by atoms with Gasteiger partial charge in [0.2, 0.25) is 12.1 Å². The molecule has 0 radical (unpaired) electrons. The second kappa shape index (κ2) is 8.82. The van der Waals surface area contributed by atoms with Crippen molar-refractivity contribution >= 4 is 17.6 Å². The minimum atomic E-state index is -4.64. The summed E-state index contributed by atoms with van der Waals surface area (Å²) in [5.41, 5.74) is -1.97. The maximum absolute atomic E-state index is 13.8. The molecular formula is C23H20F5N3O4. The first-order valence-corrected chi connectivity index (χ1v) is 10.5. The van der Waals surface area contributed by atoms with Crippen LogP contribution in [-0.2, 0) is 16.5 Å². The molecule has 0 saturated heterocycles. The van der Waals surface area contributed by atoms with Crippen molar-refractivity contribution in [3.63, 3.8) is 0 Å². The van der Waals surface area contributed by atoms with E-state index in [0.29, 0.717) is 18.4 Å². The van der Waals surface area contributed by atoms with Crippen molar-refractivity contribution in [2.75, 3.05) is 7.05 Å². The van der Waals surface area contributed by atoms with Gasteiger partial charge in [-0.1, -0.05) is 18.2 Å². The number of nitrogens with one attached hydrogen (secondary N) is 1. The number of rotatable bonds is 7. The lowest BCUT2D eigenvalue weighted by Gasteiger charge is -2.28. The third-order valence-corrected chi connectivity index (χ3v) is 5.97. The lowest BCUT2D eigenvalue weighted by Crippen LogP contribution is -2.49. The molecule has 0 spiro atoms. The van der Waals surface area contributed by atoms with Crippen molar-refractivity contribution in [2.24, 2.45) is 11.0 Å². The monoisotopic (exact) mass is 497 g/mol. The van der Waals surface area contributed by atoms with Crippen LogP contribution >= 0.6 is 0 Å². The van der Waals surface area contributed by atoms with E-state index in [1.54, 1.807) is 0 Å². The number of hydrogen-bond acceptors (Lipinski definition) is 5. The first kappa shape index (κ1) is 24.4. The predicted octanol–water partition coefficient (Wildman–Crippen LogP) is 4.10. The molecule has 2 aromatic carbocycles. The van der Waals surface area contributed by atoms with E-state index in [0.717, 1.165) is 23.2 Å². The maximum Gasteiger partial charge on any atom is 0.416 e. The predicted molar refractivity (Wildman–Crippen MR) is 113 cm³/mol. The van der Waals surface area contributed by atoms with E-state index < -0.39 is 53.4 Å². The third kappa shape index (κ3) is 4.91. The number of amides is 1. The molecule has 2 N–H and O–H groups in total. The lowest BCUT2D eigenvalue weighted by atomic mass is 9.98. The summed E-state index contributed by atoms with van der Waals surface area (Å²) in [5.74, 6) is -3.80. The van der Waals surface area contributed by atoms with Gasteiger partial charge in [0.1, 0.15) is 17.4 Å². The molecule has 1 saturated carbocycles. The molecule has 2 atom stereocenters. The minimum absolute atomic E-state index is 0.0509. The van der Waals surface area contributed by atoms with Gasteiger partial charge in [-0.15, -0.1) is 0 Å². The van der Waals surface area contributed by atoms with Crippen LogP contribution in [0.25, 0.3) is 0 Å². The van der Waals surface area contributed by atoms with Crippen molar-refractivity contribution in [1.82, 2.24) is 10.3 Å². The van der Waals surface area contributed by atoms with Gasteiger partial charge in [0.05, 0.1) is 16.7 Å². The number of carboxylic acid groups (broad SMARTS) is 1. The number of hydrazone groups is 1. The van der Waals surface area contributed by atoms with Gasteiger partial charge in [0, 0.05) is 7.05 Å². The molecule has 2 aromatic rings. The highest BCUT2D eigenvalue weighted by molar-refractivity contribution is 6.07. The fraction of sp³-hybridized carbons (Fsp3) is 0.348. The van der Waals surface area contributed by atoms with Crippen molar-refractivity contribution < 1.29 is 41.4 Å². The molecule has 4 rings (SSSR count). The van der Waals surface area contributed by atoms with Crippen molar-refractivity contribution in [2.45, 2.75) is 37.2 Å². The number of halogens is 5. The molecule has 1 aliphatic heterocycles. The Bertz CT molecular complexity index is 1160. The number of carboxylic acids is 1. The highest BCUT2D eigenvalue weighted by Gasteiger charge is 2.51. The van der Waals surface area contributed by atoms with Gasteiger partial charge in [-0.05, 0) is 48.7 Å². The minimum Gasteiger partial charge on any atom is -0.478 e. The zero-order chi connectivity index (χ0) is 25.5. The second-order valence-corrected chi connectivity index (χ2v) is 8.36. The lowest BCUT2D eigenvalue weighted by molar-refractivity contribution is -0.138. The summed E-state index contributed by atoms with van der Waals surface area (Å²) < 4.78 is 72.3. The van der Waals surface area contributed by atoms with Crippen molar-refractivity contribution in [3.05, 3.63) is 65.2 Å². The fourth-order valence-corrected chi connectivity index (χ4v) is 3.99. The van der Waals surface area contributed by atoms with Crippen LogP contribution in [0.4, 0.5) is 22.0 Å². The smallest absolute Gasteiger partial charge is 0.416 e. The van der Waals surface area contributed by atoms with Crippen LogP contribution in [0, 0.1) is 5.92 Å². The highest BCUT2D eigenvalue weighted by atomic mass is 19.4. The Morgan fingerprint density at radius 1 is 1.17 bits per heavy atom. The third-order valence-electron chi connectivity index (χ3n) is 5.97. The summed E-state index contributed by atoms with van der Waals surface area (Å²) >= 11 is 0. The molecule has 1 amide bonds. The van der Waals surface area contributed by atoms with Crippen LogP contribution < -0.4 is 10.1 Å². The number of hydrogen-bond donors (Lipinski definition) is 2. The van der Waals surface area contributed by atoms with Gasteiger partial charge in [-0.25, -0.2) is 13.6 Å². The normalized spacial score (nSPS) is 21.0. The summed E-state index contributed by atoms with van der Waals surface area (Å²) in [6.45, 7) is 0. The molecular weight excluding hydrogens is 477 g/mol. The van der Waals surface area contributed by atoms with Crippen LogP contribution in [0.15, 0.2) is 53.6 Å². The molecule has 7 nitrogen and oxygen atoms in total. The number of ether oxygens (including phenoxy) is 1. The molecule has 1 aliphatic carbocycles. The van der Waals surface area contributed by atoms with E-state index in [9.17, 15) is 31.5 Å². The summed E-state index contributed by atoms with van der Waals surface area (Å²) in [4.78, 5) is 24.3. The zero-order valence-electron chi connectivity index (χ0n) is 18.2. The maximum atomic E-state index is 13.8. The van der Waals surface area contributed by atoms with Gasteiger partial charge in [-0.3, -0.25) is 9.80 Å². The van der Waals surface area contributed by atoms with E-state index in [1.165, 1.54) is 37.4 Å². The molecule has 2 aliphatic rings. The molecule has 1 fully saturated rings. The van der Waals surface area contributed by atoms with E-state index >= 15 is 0 Å². The first-order valence-electron chi connectivity index (χ1n) is 10.5. The Kier molecular flexibility index (Phi) is 6.16. The average Bonchev–Trinajstić information content (AvgIpc) is 3.50. The van der Waals surface area contributed by atoms with E-state index in [4.69, 9.17) is 9.84 Å². The van der Waals surface area contributed by atoms with Crippen LogP contribution in [0.1, 0.15) is 34.3 Å².